The van der Waals surface area contributed by atoms with Gasteiger partial charge in [-0.3, -0.25) is 4.68 Å². The third-order valence-corrected chi connectivity index (χ3v) is 2.92. The summed E-state index contributed by atoms with van der Waals surface area (Å²) in [6.45, 7) is 2.72. The summed E-state index contributed by atoms with van der Waals surface area (Å²) >= 11 is 0. The monoisotopic (exact) mass is 259 g/mol. The molecule has 0 saturated carbocycles. The van der Waals surface area contributed by atoms with Gasteiger partial charge in [0.05, 0.1) is 16.9 Å². The van der Waals surface area contributed by atoms with Gasteiger partial charge in [0.15, 0.2) is 0 Å². The van der Waals surface area contributed by atoms with E-state index in [9.17, 15) is 4.79 Å². The van der Waals surface area contributed by atoms with Crippen LogP contribution in [-0.2, 0) is 20.0 Å². The summed E-state index contributed by atoms with van der Waals surface area (Å²) in [5.74, 6) is -0.903. The number of carboxylic acid groups (broad SMARTS) is 1. The van der Waals surface area contributed by atoms with Gasteiger partial charge >= 0.3 is 5.97 Å². The van der Waals surface area contributed by atoms with Gasteiger partial charge in [-0.25, -0.2) is 4.79 Å². The molecule has 0 amide bonds. The lowest BCUT2D eigenvalue weighted by Gasteiger charge is -2.06. The van der Waals surface area contributed by atoms with E-state index in [1.165, 1.54) is 0 Å². The van der Waals surface area contributed by atoms with Crippen molar-refractivity contribution in [1.82, 2.24) is 9.78 Å². The van der Waals surface area contributed by atoms with Crippen molar-refractivity contribution < 1.29 is 9.90 Å². The minimum absolute atomic E-state index is 0.305. The van der Waals surface area contributed by atoms with Gasteiger partial charge in [0.2, 0.25) is 0 Å². The molecular formula is C14H17N3O2. The molecule has 0 spiro atoms. The Balaban J connectivity index is 2.03. The fourth-order valence-electron chi connectivity index (χ4n) is 1.91. The Labute approximate surface area is 111 Å². The second-order valence-corrected chi connectivity index (χ2v) is 4.37. The van der Waals surface area contributed by atoms with Crippen LogP contribution in [0.15, 0.2) is 30.5 Å². The largest absolute Gasteiger partial charge is 0.478 e. The maximum Gasteiger partial charge on any atom is 0.335 e. The van der Waals surface area contributed by atoms with Crippen LogP contribution in [0.25, 0.3) is 0 Å². The molecule has 0 fully saturated rings. The first-order valence-electron chi connectivity index (χ1n) is 6.18. The molecule has 0 bridgehead atoms. The number of benzene rings is 1. The summed E-state index contributed by atoms with van der Waals surface area (Å²) in [7, 11) is 1.89. The fourth-order valence-corrected chi connectivity index (χ4v) is 1.91. The SMILES string of the molecule is CCc1nn(C)cc1NCc1ccc(C(=O)O)cc1. The smallest absolute Gasteiger partial charge is 0.335 e. The van der Waals surface area contributed by atoms with Crippen molar-refractivity contribution in [2.24, 2.45) is 7.05 Å². The molecule has 0 atom stereocenters. The van der Waals surface area contributed by atoms with Gasteiger partial charge in [0.25, 0.3) is 0 Å². The van der Waals surface area contributed by atoms with Crippen LogP contribution < -0.4 is 5.32 Å². The van der Waals surface area contributed by atoms with E-state index in [4.69, 9.17) is 5.11 Å². The van der Waals surface area contributed by atoms with Crippen molar-refractivity contribution in [2.45, 2.75) is 19.9 Å². The van der Waals surface area contributed by atoms with Crippen LogP contribution in [0.1, 0.15) is 28.5 Å². The zero-order valence-electron chi connectivity index (χ0n) is 11.1. The molecule has 2 aromatic rings. The summed E-state index contributed by atoms with van der Waals surface area (Å²) in [4.78, 5) is 10.8. The maximum atomic E-state index is 10.8. The first-order valence-corrected chi connectivity index (χ1v) is 6.18. The molecule has 2 N–H and O–H groups in total. The van der Waals surface area contributed by atoms with E-state index in [2.05, 4.69) is 17.3 Å². The summed E-state index contributed by atoms with van der Waals surface area (Å²) in [6, 6.07) is 6.86. The number of hydrogen-bond donors (Lipinski definition) is 2. The van der Waals surface area contributed by atoms with Crippen molar-refractivity contribution in [3.05, 3.63) is 47.3 Å². The van der Waals surface area contributed by atoms with Crippen LogP contribution in [0.5, 0.6) is 0 Å². The van der Waals surface area contributed by atoms with Crippen LogP contribution in [0.2, 0.25) is 0 Å². The number of aromatic carboxylic acids is 1. The number of nitrogens with one attached hydrogen (secondary N) is 1. The third-order valence-electron chi connectivity index (χ3n) is 2.92. The van der Waals surface area contributed by atoms with Crippen LogP contribution in [-0.4, -0.2) is 20.9 Å². The van der Waals surface area contributed by atoms with Gasteiger partial charge in [-0.15, -0.1) is 0 Å². The average Bonchev–Trinajstić information content (AvgIpc) is 2.77. The zero-order valence-corrected chi connectivity index (χ0v) is 11.1. The number of aromatic nitrogens is 2. The van der Waals surface area contributed by atoms with Gasteiger partial charge in [-0.2, -0.15) is 5.10 Å². The molecule has 0 aliphatic rings. The van der Waals surface area contributed by atoms with E-state index in [1.807, 2.05) is 25.4 Å². The molecule has 0 unspecified atom stereocenters. The molecule has 2 rings (SSSR count). The predicted octanol–water partition coefficient (Wildman–Crippen LogP) is 2.29. The lowest BCUT2D eigenvalue weighted by Crippen LogP contribution is -2.02. The van der Waals surface area contributed by atoms with Crippen LogP contribution in [0.3, 0.4) is 0 Å². The predicted molar refractivity (Wildman–Crippen MR) is 73.3 cm³/mol. The number of carboxylic acids is 1. The minimum atomic E-state index is -0.903. The Morgan fingerprint density at radius 3 is 2.63 bits per heavy atom. The molecule has 1 heterocycles. The molecule has 0 aliphatic carbocycles. The zero-order chi connectivity index (χ0) is 13.8. The molecular weight excluding hydrogens is 242 g/mol. The Morgan fingerprint density at radius 2 is 2.05 bits per heavy atom. The standard InChI is InChI=1S/C14H17N3O2/c1-3-12-13(9-17(2)16-12)15-8-10-4-6-11(7-5-10)14(18)19/h4-7,9,15H,3,8H2,1-2H3,(H,18,19). The highest BCUT2D eigenvalue weighted by Crippen LogP contribution is 2.15. The molecule has 100 valence electrons. The second-order valence-electron chi connectivity index (χ2n) is 4.37. The quantitative estimate of drug-likeness (QED) is 0.864. The van der Waals surface area contributed by atoms with Crippen molar-refractivity contribution in [3.8, 4) is 0 Å². The average molecular weight is 259 g/mol. The normalized spacial score (nSPS) is 10.4. The number of rotatable bonds is 5. The third kappa shape index (κ3) is 3.13. The van der Waals surface area contributed by atoms with Crippen LogP contribution in [0.4, 0.5) is 5.69 Å². The van der Waals surface area contributed by atoms with Gasteiger partial charge in [-0.1, -0.05) is 19.1 Å². The number of carbonyl (C=O) groups is 1. The summed E-state index contributed by atoms with van der Waals surface area (Å²) in [6.07, 6.45) is 2.82. The maximum absolute atomic E-state index is 10.8. The highest BCUT2D eigenvalue weighted by molar-refractivity contribution is 5.87. The molecule has 19 heavy (non-hydrogen) atoms. The van der Waals surface area contributed by atoms with Crippen LogP contribution in [0, 0.1) is 0 Å². The minimum Gasteiger partial charge on any atom is -0.478 e. The summed E-state index contributed by atoms with van der Waals surface area (Å²) in [5, 5.41) is 16.5. The lowest BCUT2D eigenvalue weighted by atomic mass is 10.1. The van der Waals surface area contributed by atoms with E-state index < -0.39 is 5.97 Å². The van der Waals surface area contributed by atoms with Gasteiger partial charge < -0.3 is 10.4 Å². The van der Waals surface area contributed by atoms with Gasteiger partial charge in [0.1, 0.15) is 0 Å². The first-order chi connectivity index (χ1) is 9.10. The van der Waals surface area contributed by atoms with Crippen LogP contribution >= 0.6 is 0 Å². The highest BCUT2D eigenvalue weighted by atomic mass is 16.4. The van der Waals surface area contributed by atoms with E-state index in [-0.39, 0.29) is 0 Å². The summed E-state index contributed by atoms with van der Waals surface area (Å²) < 4.78 is 1.79. The van der Waals surface area contributed by atoms with Crippen molar-refractivity contribution in [3.63, 3.8) is 0 Å². The Morgan fingerprint density at radius 1 is 1.37 bits per heavy atom. The van der Waals surface area contributed by atoms with E-state index >= 15 is 0 Å². The topological polar surface area (TPSA) is 67.2 Å². The van der Waals surface area contributed by atoms with Gasteiger partial charge in [-0.05, 0) is 24.1 Å². The Bertz CT molecular complexity index is 573. The summed E-state index contributed by atoms with van der Waals surface area (Å²) in [5.41, 5.74) is 3.40. The van der Waals surface area contributed by atoms with E-state index in [0.717, 1.165) is 23.4 Å². The molecule has 5 nitrogen and oxygen atoms in total. The molecule has 5 heteroatoms. The second kappa shape index (κ2) is 5.56. The molecule has 1 aromatic carbocycles. The fraction of sp³-hybridized carbons (Fsp3) is 0.286. The van der Waals surface area contributed by atoms with E-state index in [0.29, 0.717) is 12.1 Å². The Kier molecular flexibility index (Phi) is 3.85. The molecule has 0 saturated heterocycles. The first kappa shape index (κ1) is 13.1. The lowest BCUT2D eigenvalue weighted by molar-refractivity contribution is 0.0697. The van der Waals surface area contributed by atoms with Crippen molar-refractivity contribution >= 4 is 11.7 Å². The van der Waals surface area contributed by atoms with Crippen molar-refractivity contribution in [1.29, 1.82) is 0 Å². The molecule has 1 aromatic heterocycles. The van der Waals surface area contributed by atoms with Crippen molar-refractivity contribution in [2.75, 3.05) is 5.32 Å². The van der Waals surface area contributed by atoms with E-state index in [1.54, 1.807) is 16.8 Å². The molecule has 0 radical (unpaired) electrons. The number of hydrogen-bond acceptors (Lipinski definition) is 3. The number of aryl methyl sites for hydroxylation is 2. The number of anilines is 1. The number of nitrogens with zero attached hydrogens (tertiary/aromatic N) is 2. The molecule has 0 aliphatic heterocycles. The van der Waals surface area contributed by atoms with Gasteiger partial charge in [0, 0.05) is 19.8 Å². The Hall–Kier alpha value is -2.30. The highest BCUT2D eigenvalue weighted by Gasteiger charge is 2.06.